The van der Waals surface area contributed by atoms with Gasteiger partial charge in [0.15, 0.2) is 0 Å². The Morgan fingerprint density at radius 1 is 1.47 bits per heavy atom. The number of hydrogen-bond acceptors (Lipinski definition) is 5. The molecule has 0 aliphatic carbocycles. The van der Waals surface area contributed by atoms with Crippen LogP contribution in [0.1, 0.15) is 26.6 Å². The van der Waals surface area contributed by atoms with Gasteiger partial charge in [-0.15, -0.1) is 0 Å². The van der Waals surface area contributed by atoms with Gasteiger partial charge in [-0.2, -0.15) is 4.98 Å². The number of carbonyl (C=O) groups is 1. The van der Waals surface area contributed by atoms with Crippen LogP contribution in [0.5, 0.6) is 5.88 Å². The third-order valence-corrected chi connectivity index (χ3v) is 2.33. The van der Waals surface area contributed by atoms with Crippen LogP contribution in [0.3, 0.4) is 0 Å². The topological polar surface area (TPSA) is 75.5 Å². The highest BCUT2D eigenvalue weighted by molar-refractivity contribution is 5.73. The quantitative estimate of drug-likeness (QED) is 0.811. The van der Waals surface area contributed by atoms with Crippen LogP contribution in [-0.2, 0) is 4.79 Å². The lowest BCUT2D eigenvalue weighted by atomic mass is 10.2. The fraction of sp³-hybridized carbons (Fsp3) is 0.615. The maximum atomic E-state index is 10.9. The number of ether oxygens (including phenoxy) is 1. The average molecular weight is 267 g/mol. The summed E-state index contributed by atoms with van der Waals surface area (Å²) in [6.45, 7) is 8.76. The number of aromatic nitrogens is 2. The van der Waals surface area contributed by atoms with Gasteiger partial charge in [-0.1, -0.05) is 13.8 Å². The van der Waals surface area contributed by atoms with Gasteiger partial charge in [-0.25, -0.2) is 4.98 Å². The largest absolute Gasteiger partial charge is 0.480 e. The number of rotatable bonds is 7. The first kappa shape index (κ1) is 15.2. The molecular formula is C13H21N3O3. The van der Waals surface area contributed by atoms with Gasteiger partial charge in [0.1, 0.15) is 18.2 Å². The monoisotopic (exact) mass is 267 g/mol. The van der Waals surface area contributed by atoms with E-state index >= 15 is 0 Å². The molecule has 1 heterocycles. The average Bonchev–Trinajstić information content (AvgIpc) is 2.26. The number of carboxylic acids is 1. The number of carboxylic acid groups (broad SMARTS) is 1. The van der Waals surface area contributed by atoms with Crippen LogP contribution in [0.15, 0.2) is 6.07 Å². The van der Waals surface area contributed by atoms with Gasteiger partial charge in [-0.05, 0) is 19.8 Å². The SMILES string of the molecule is CCOc1cc(N(CC(=O)O)CC(C)C)nc(C)n1. The van der Waals surface area contributed by atoms with E-state index in [4.69, 9.17) is 9.84 Å². The first-order chi connectivity index (χ1) is 8.92. The molecule has 0 aliphatic rings. The van der Waals surface area contributed by atoms with E-state index in [1.165, 1.54) is 0 Å². The molecule has 106 valence electrons. The van der Waals surface area contributed by atoms with Gasteiger partial charge in [-0.3, -0.25) is 4.79 Å². The van der Waals surface area contributed by atoms with E-state index in [1.54, 1.807) is 17.9 Å². The summed E-state index contributed by atoms with van der Waals surface area (Å²) in [4.78, 5) is 21.1. The lowest BCUT2D eigenvalue weighted by Crippen LogP contribution is -2.33. The van der Waals surface area contributed by atoms with Crippen LogP contribution in [0, 0.1) is 12.8 Å². The molecule has 1 aromatic rings. The third-order valence-electron chi connectivity index (χ3n) is 2.33. The van der Waals surface area contributed by atoms with Crippen LogP contribution in [-0.4, -0.2) is 40.7 Å². The van der Waals surface area contributed by atoms with Crippen molar-refractivity contribution in [2.45, 2.75) is 27.7 Å². The first-order valence-corrected chi connectivity index (χ1v) is 6.37. The molecule has 0 radical (unpaired) electrons. The molecular weight excluding hydrogens is 246 g/mol. The standard InChI is InChI=1S/C13H21N3O3/c1-5-19-12-6-11(14-10(4)15-12)16(7-9(2)3)8-13(17)18/h6,9H,5,7-8H2,1-4H3,(H,17,18). The fourth-order valence-corrected chi connectivity index (χ4v) is 1.75. The van der Waals surface area contributed by atoms with Gasteiger partial charge in [0.05, 0.1) is 6.61 Å². The molecule has 0 saturated carbocycles. The van der Waals surface area contributed by atoms with Crippen molar-refractivity contribution in [2.75, 3.05) is 24.6 Å². The van der Waals surface area contributed by atoms with E-state index in [0.717, 1.165) is 0 Å². The number of hydrogen-bond donors (Lipinski definition) is 1. The van der Waals surface area contributed by atoms with Crippen molar-refractivity contribution in [2.24, 2.45) is 5.92 Å². The van der Waals surface area contributed by atoms with Crippen molar-refractivity contribution in [3.63, 3.8) is 0 Å². The Morgan fingerprint density at radius 3 is 2.68 bits per heavy atom. The summed E-state index contributed by atoms with van der Waals surface area (Å²) < 4.78 is 5.36. The highest BCUT2D eigenvalue weighted by atomic mass is 16.5. The summed E-state index contributed by atoms with van der Waals surface area (Å²) in [5, 5.41) is 8.98. The minimum Gasteiger partial charge on any atom is -0.480 e. The van der Waals surface area contributed by atoms with E-state index < -0.39 is 5.97 Å². The summed E-state index contributed by atoms with van der Waals surface area (Å²) in [6.07, 6.45) is 0. The Bertz CT molecular complexity index is 435. The molecule has 1 rings (SSSR count). The Kier molecular flexibility index (Phi) is 5.54. The van der Waals surface area contributed by atoms with Crippen molar-refractivity contribution in [3.8, 4) is 5.88 Å². The van der Waals surface area contributed by atoms with E-state index in [9.17, 15) is 4.79 Å². The number of nitrogens with zero attached hydrogens (tertiary/aromatic N) is 3. The van der Waals surface area contributed by atoms with Crippen LogP contribution >= 0.6 is 0 Å². The van der Waals surface area contributed by atoms with Gasteiger partial charge < -0.3 is 14.7 Å². The predicted molar refractivity (Wildman–Crippen MR) is 72.6 cm³/mol. The number of anilines is 1. The highest BCUT2D eigenvalue weighted by Crippen LogP contribution is 2.18. The van der Waals surface area contributed by atoms with E-state index in [0.29, 0.717) is 36.6 Å². The van der Waals surface area contributed by atoms with Crippen LogP contribution in [0.25, 0.3) is 0 Å². The lowest BCUT2D eigenvalue weighted by molar-refractivity contribution is -0.135. The molecule has 19 heavy (non-hydrogen) atoms. The Hall–Kier alpha value is -1.85. The van der Waals surface area contributed by atoms with E-state index in [2.05, 4.69) is 9.97 Å². The van der Waals surface area contributed by atoms with E-state index in [-0.39, 0.29) is 6.54 Å². The van der Waals surface area contributed by atoms with Crippen LogP contribution in [0.4, 0.5) is 5.82 Å². The van der Waals surface area contributed by atoms with Gasteiger partial charge in [0.2, 0.25) is 5.88 Å². The molecule has 6 nitrogen and oxygen atoms in total. The molecule has 0 amide bonds. The second-order valence-electron chi connectivity index (χ2n) is 4.71. The summed E-state index contributed by atoms with van der Waals surface area (Å²) in [7, 11) is 0. The molecule has 0 unspecified atom stereocenters. The Morgan fingerprint density at radius 2 is 2.16 bits per heavy atom. The Labute approximate surface area is 113 Å². The minimum atomic E-state index is -0.880. The number of aryl methyl sites for hydroxylation is 1. The molecule has 0 atom stereocenters. The zero-order chi connectivity index (χ0) is 14.4. The third kappa shape index (κ3) is 5.11. The molecule has 0 fully saturated rings. The molecule has 6 heteroatoms. The molecule has 0 bridgehead atoms. The zero-order valence-electron chi connectivity index (χ0n) is 11.9. The van der Waals surface area contributed by atoms with Gasteiger partial charge in [0, 0.05) is 12.6 Å². The molecule has 0 spiro atoms. The summed E-state index contributed by atoms with van der Waals surface area (Å²) in [5.41, 5.74) is 0. The summed E-state index contributed by atoms with van der Waals surface area (Å²) in [6, 6.07) is 1.68. The normalized spacial score (nSPS) is 10.6. The minimum absolute atomic E-state index is 0.0831. The van der Waals surface area contributed by atoms with Crippen molar-refractivity contribution in [3.05, 3.63) is 11.9 Å². The maximum absolute atomic E-state index is 10.9. The van der Waals surface area contributed by atoms with Crippen LogP contribution < -0.4 is 9.64 Å². The van der Waals surface area contributed by atoms with Crippen molar-refractivity contribution in [1.29, 1.82) is 0 Å². The van der Waals surface area contributed by atoms with Crippen molar-refractivity contribution >= 4 is 11.8 Å². The van der Waals surface area contributed by atoms with Gasteiger partial charge in [0.25, 0.3) is 0 Å². The summed E-state index contributed by atoms with van der Waals surface area (Å²) in [5.74, 6) is 1.09. The highest BCUT2D eigenvalue weighted by Gasteiger charge is 2.15. The molecule has 0 saturated heterocycles. The second kappa shape index (κ2) is 6.92. The molecule has 0 aromatic carbocycles. The lowest BCUT2D eigenvalue weighted by Gasteiger charge is -2.24. The Balaban J connectivity index is 3.02. The second-order valence-corrected chi connectivity index (χ2v) is 4.71. The number of aliphatic carboxylic acids is 1. The summed E-state index contributed by atoms with van der Waals surface area (Å²) >= 11 is 0. The predicted octanol–water partition coefficient (Wildman–Crippen LogP) is 1.73. The fourth-order valence-electron chi connectivity index (χ4n) is 1.75. The van der Waals surface area contributed by atoms with Crippen molar-refractivity contribution < 1.29 is 14.6 Å². The first-order valence-electron chi connectivity index (χ1n) is 6.37. The zero-order valence-corrected chi connectivity index (χ0v) is 11.9. The maximum Gasteiger partial charge on any atom is 0.323 e. The smallest absolute Gasteiger partial charge is 0.323 e. The van der Waals surface area contributed by atoms with Crippen LogP contribution in [0.2, 0.25) is 0 Å². The van der Waals surface area contributed by atoms with Crippen molar-refractivity contribution in [1.82, 2.24) is 9.97 Å². The molecule has 0 aliphatic heterocycles. The van der Waals surface area contributed by atoms with E-state index in [1.807, 2.05) is 20.8 Å². The molecule has 1 aromatic heterocycles. The molecule has 1 N–H and O–H groups in total. The van der Waals surface area contributed by atoms with Gasteiger partial charge >= 0.3 is 5.97 Å².